The van der Waals surface area contributed by atoms with E-state index in [2.05, 4.69) is 5.32 Å². The van der Waals surface area contributed by atoms with Crippen molar-refractivity contribution >= 4 is 50.7 Å². The number of amides is 2. The Morgan fingerprint density at radius 1 is 0.795 bits per heavy atom. The van der Waals surface area contributed by atoms with Gasteiger partial charge in [-0.3, -0.25) is 13.9 Å². The van der Waals surface area contributed by atoms with Gasteiger partial charge in [-0.25, -0.2) is 8.42 Å². The highest BCUT2D eigenvalue weighted by molar-refractivity contribution is 7.92. The Kier molecular flexibility index (Phi) is 10.7. The molecule has 0 heterocycles. The molecule has 1 atom stereocenters. The van der Waals surface area contributed by atoms with E-state index in [1.165, 1.54) is 24.1 Å². The fourth-order valence-corrected chi connectivity index (χ4v) is 6.95. The van der Waals surface area contributed by atoms with Gasteiger partial charge in [0.2, 0.25) is 11.8 Å². The van der Waals surface area contributed by atoms with Crippen molar-refractivity contribution in [3.8, 4) is 0 Å². The summed E-state index contributed by atoms with van der Waals surface area (Å²) in [7, 11) is -2.70. The lowest BCUT2D eigenvalue weighted by Gasteiger charge is -2.34. The van der Waals surface area contributed by atoms with E-state index >= 15 is 0 Å². The Bertz CT molecular complexity index is 1710. The first-order chi connectivity index (χ1) is 20.9. The predicted octanol–water partition coefficient (Wildman–Crippen LogP) is 6.50. The Balaban J connectivity index is 1.84. The zero-order valence-electron chi connectivity index (χ0n) is 25.1. The zero-order valence-corrected chi connectivity index (χ0v) is 27.4. The van der Waals surface area contributed by atoms with Gasteiger partial charge in [-0.1, -0.05) is 83.4 Å². The third kappa shape index (κ3) is 7.80. The van der Waals surface area contributed by atoms with Gasteiger partial charge in [-0.05, 0) is 73.9 Å². The third-order valence-corrected chi connectivity index (χ3v) is 9.79. The van der Waals surface area contributed by atoms with Gasteiger partial charge in [0.1, 0.15) is 12.6 Å². The van der Waals surface area contributed by atoms with E-state index in [9.17, 15) is 18.0 Å². The maximum Gasteiger partial charge on any atom is 0.264 e. The van der Waals surface area contributed by atoms with E-state index in [0.29, 0.717) is 21.3 Å². The smallest absolute Gasteiger partial charge is 0.264 e. The molecule has 2 amide bonds. The average molecular weight is 653 g/mol. The molecule has 230 valence electrons. The van der Waals surface area contributed by atoms with Crippen LogP contribution in [0.25, 0.3) is 0 Å². The van der Waals surface area contributed by atoms with Gasteiger partial charge in [-0.15, -0.1) is 0 Å². The van der Waals surface area contributed by atoms with Gasteiger partial charge in [0.15, 0.2) is 0 Å². The molecule has 1 N–H and O–H groups in total. The number of carbonyl (C=O) groups excluding carboxylic acids is 2. The summed E-state index contributed by atoms with van der Waals surface area (Å²) >= 11 is 13.1. The van der Waals surface area contributed by atoms with E-state index in [4.69, 9.17) is 23.2 Å². The van der Waals surface area contributed by atoms with Gasteiger partial charge in [-0.2, -0.15) is 0 Å². The number of nitrogens with one attached hydrogen (secondary N) is 1. The van der Waals surface area contributed by atoms with Crippen LogP contribution >= 0.6 is 23.2 Å². The van der Waals surface area contributed by atoms with Crippen molar-refractivity contribution < 1.29 is 18.0 Å². The van der Waals surface area contributed by atoms with Crippen LogP contribution in [0.2, 0.25) is 10.0 Å². The van der Waals surface area contributed by atoms with Crippen molar-refractivity contribution in [2.45, 2.75) is 44.7 Å². The van der Waals surface area contributed by atoms with E-state index < -0.39 is 34.4 Å². The van der Waals surface area contributed by atoms with Crippen LogP contribution in [-0.2, 0) is 32.6 Å². The van der Waals surface area contributed by atoms with Crippen molar-refractivity contribution in [2.24, 2.45) is 0 Å². The summed E-state index contributed by atoms with van der Waals surface area (Å²) in [6.07, 6.45) is 0.183. The molecule has 0 unspecified atom stereocenters. The summed E-state index contributed by atoms with van der Waals surface area (Å²) in [6.45, 7) is 4.91. The van der Waals surface area contributed by atoms with Gasteiger partial charge >= 0.3 is 0 Å². The van der Waals surface area contributed by atoms with Crippen LogP contribution in [0.1, 0.15) is 27.8 Å². The maximum absolute atomic E-state index is 14.5. The highest BCUT2D eigenvalue weighted by Gasteiger charge is 2.35. The SMILES string of the molecule is CNC(=O)[C@@H](Cc1ccccc1)N(Cc1c(Cl)cccc1Cl)C(=O)CN(c1cc(C)cc(C)c1)S(=O)(=O)c1ccc(C)cc1. The molecule has 0 bridgehead atoms. The van der Waals surface area contributed by atoms with Gasteiger partial charge < -0.3 is 10.2 Å². The summed E-state index contributed by atoms with van der Waals surface area (Å²) in [5, 5.41) is 3.31. The lowest BCUT2D eigenvalue weighted by molar-refractivity contribution is -0.139. The van der Waals surface area contributed by atoms with Crippen LogP contribution in [0.3, 0.4) is 0 Å². The fourth-order valence-electron chi connectivity index (χ4n) is 5.04. The summed E-state index contributed by atoms with van der Waals surface area (Å²) in [5.41, 5.74) is 4.18. The Morgan fingerprint density at radius 2 is 1.39 bits per heavy atom. The van der Waals surface area contributed by atoms with Crippen LogP contribution in [0.4, 0.5) is 5.69 Å². The van der Waals surface area contributed by atoms with Gasteiger partial charge in [0.25, 0.3) is 10.0 Å². The molecule has 0 saturated heterocycles. The summed E-state index contributed by atoms with van der Waals surface area (Å²) in [6, 6.07) is 25.1. The average Bonchev–Trinajstić information content (AvgIpc) is 2.98. The molecule has 0 radical (unpaired) electrons. The monoisotopic (exact) mass is 651 g/mol. The highest BCUT2D eigenvalue weighted by atomic mass is 35.5. The molecular weight excluding hydrogens is 617 g/mol. The van der Waals surface area contributed by atoms with Crippen LogP contribution in [0.15, 0.2) is 95.9 Å². The molecule has 0 aliphatic carbocycles. The topological polar surface area (TPSA) is 86.8 Å². The fraction of sp³-hybridized carbons (Fsp3) is 0.235. The summed E-state index contributed by atoms with van der Waals surface area (Å²) < 4.78 is 29.5. The third-order valence-electron chi connectivity index (χ3n) is 7.29. The number of hydrogen-bond acceptors (Lipinski definition) is 4. The second-order valence-corrected chi connectivity index (χ2v) is 13.4. The molecule has 0 aliphatic rings. The highest BCUT2D eigenvalue weighted by Crippen LogP contribution is 2.30. The number of rotatable bonds is 11. The molecule has 44 heavy (non-hydrogen) atoms. The Morgan fingerprint density at radius 3 is 1.95 bits per heavy atom. The van der Waals surface area contributed by atoms with E-state index in [1.54, 1.807) is 42.5 Å². The Labute approximate surface area is 269 Å². The molecule has 0 spiro atoms. The van der Waals surface area contributed by atoms with E-state index in [-0.39, 0.29) is 17.9 Å². The lowest BCUT2D eigenvalue weighted by Crippen LogP contribution is -2.53. The first kappa shape index (κ1) is 33.1. The summed E-state index contributed by atoms with van der Waals surface area (Å²) in [5.74, 6) is -1.01. The van der Waals surface area contributed by atoms with Crippen LogP contribution in [-0.4, -0.2) is 44.8 Å². The number of anilines is 1. The number of carbonyl (C=O) groups is 2. The van der Waals surface area contributed by atoms with Crippen LogP contribution in [0, 0.1) is 20.8 Å². The maximum atomic E-state index is 14.5. The minimum atomic E-state index is -4.20. The molecule has 0 saturated carbocycles. The second kappa shape index (κ2) is 14.3. The predicted molar refractivity (Wildman–Crippen MR) is 177 cm³/mol. The molecule has 10 heteroatoms. The molecule has 0 aromatic heterocycles. The minimum absolute atomic E-state index is 0.0443. The number of likely N-dealkylation sites (N-methyl/N-ethyl adjacent to an activating group) is 1. The van der Waals surface area contributed by atoms with Crippen molar-refractivity contribution in [1.82, 2.24) is 10.2 Å². The number of benzene rings is 4. The quantitative estimate of drug-likeness (QED) is 0.201. The summed E-state index contributed by atoms with van der Waals surface area (Å²) in [4.78, 5) is 29.3. The van der Waals surface area contributed by atoms with E-state index in [0.717, 1.165) is 26.6 Å². The number of sulfonamides is 1. The molecule has 0 aliphatic heterocycles. The molecule has 4 rings (SSSR count). The largest absolute Gasteiger partial charge is 0.357 e. The van der Waals surface area contributed by atoms with Crippen molar-refractivity contribution in [3.05, 3.63) is 129 Å². The Hall–Kier alpha value is -3.85. The number of hydrogen-bond donors (Lipinski definition) is 1. The van der Waals surface area contributed by atoms with Gasteiger partial charge in [0, 0.05) is 35.6 Å². The minimum Gasteiger partial charge on any atom is -0.357 e. The zero-order chi connectivity index (χ0) is 32.0. The van der Waals surface area contributed by atoms with Crippen LogP contribution in [0.5, 0.6) is 0 Å². The number of aryl methyl sites for hydroxylation is 3. The van der Waals surface area contributed by atoms with Crippen molar-refractivity contribution in [2.75, 3.05) is 17.9 Å². The van der Waals surface area contributed by atoms with Crippen molar-refractivity contribution in [1.29, 1.82) is 0 Å². The number of halogens is 2. The normalized spacial score (nSPS) is 12.0. The first-order valence-corrected chi connectivity index (χ1v) is 16.3. The standard InChI is InChI=1S/C34H35Cl2N3O4S/c1-23-13-15-28(16-14-23)44(42,43)39(27-18-24(2)17-25(3)19-27)22-33(40)38(21-29-30(35)11-8-12-31(29)36)32(34(41)37-4)20-26-9-6-5-7-10-26/h5-19,32H,20-22H2,1-4H3,(H,37,41)/t32-/m1/s1. The van der Waals surface area contributed by atoms with E-state index in [1.807, 2.05) is 57.2 Å². The lowest BCUT2D eigenvalue weighted by atomic mass is 10.0. The molecular formula is C34H35Cl2N3O4S. The molecule has 4 aromatic carbocycles. The van der Waals surface area contributed by atoms with Crippen molar-refractivity contribution in [3.63, 3.8) is 0 Å². The van der Waals surface area contributed by atoms with Gasteiger partial charge in [0.05, 0.1) is 10.6 Å². The molecule has 7 nitrogen and oxygen atoms in total. The second-order valence-electron chi connectivity index (χ2n) is 10.7. The number of nitrogens with zero attached hydrogens (tertiary/aromatic N) is 2. The first-order valence-electron chi connectivity index (χ1n) is 14.1. The van der Waals surface area contributed by atoms with Crippen LogP contribution < -0.4 is 9.62 Å². The molecule has 0 fully saturated rings. The molecule has 4 aromatic rings.